The third-order valence-corrected chi connectivity index (χ3v) is 4.04. The van der Waals surface area contributed by atoms with Crippen LogP contribution in [0.25, 0.3) is 0 Å². The molecule has 0 aliphatic carbocycles. The van der Waals surface area contributed by atoms with Gasteiger partial charge in [0.1, 0.15) is 0 Å². The van der Waals surface area contributed by atoms with Gasteiger partial charge in [0.2, 0.25) is 5.91 Å². The molecule has 0 saturated carbocycles. The van der Waals surface area contributed by atoms with Crippen molar-refractivity contribution in [1.82, 2.24) is 20.9 Å². The second-order valence-electron chi connectivity index (χ2n) is 7.69. The molecule has 0 aromatic heterocycles. The van der Waals surface area contributed by atoms with Crippen molar-refractivity contribution in [2.45, 2.75) is 52.2 Å². The Hall–Kier alpha value is -1.35. The molecule has 0 aliphatic rings. The molecule has 1 unspecified atom stereocenters. The van der Waals surface area contributed by atoms with Crippen molar-refractivity contribution >= 4 is 35.8 Å². The van der Waals surface area contributed by atoms with Crippen LogP contribution in [0.4, 0.5) is 0 Å². The van der Waals surface area contributed by atoms with E-state index in [1.807, 2.05) is 26.8 Å². The molecule has 154 valence electrons. The van der Waals surface area contributed by atoms with Crippen LogP contribution in [0.2, 0.25) is 0 Å². The predicted molar refractivity (Wildman–Crippen MR) is 125 cm³/mol. The molecule has 27 heavy (non-hydrogen) atoms. The van der Waals surface area contributed by atoms with Gasteiger partial charge in [-0.15, -0.1) is 24.0 Å². The van der Waals surface area contributed by atoms with E-state index in [0.29, 0.717) is 12.0 Å². The van der Waals surface area contributed by atoms with Crippen LogP contribution in [-0.4, -0.2) is 55.5 Å². The molecule has 0 spiro atoms. The van der Waals surface area contributed by atoms with Crippen molar-refractivity contribution in [2.75, 3.05) is 27.2 Å². The fourth-order valence-corrected chi connectivity index (χ4v) is 2.49. The van der Waals surface area contributed by atoms with Crippen LogP contribution in [0, 0.1) is 0 Å². The molecule has 6 nitrogen and oxygen atoms in total. The molecule has 1 atom stereocenters. The van der Waals surface area contributed by atoms with Gasteiger partial charge in [-0.2, -0.15) is 0 Å². The first-order chi connectivity index (χ1) is 12.2. The van der Waals surface area contributed by atoms with E-state index in [0.717, 1.165) is 19.5 Å². The van der Waals surface area contributed by atoms with Gasteiger partial charge in [-0.25, -0.2) is 0 Å². The Labute approximate surface area is 181 Å². The van der Waals surface area contributed by atoms with E-state index >= 15 is 0 Å². The SMILES string of the molecule is CN=C(NCCC(C)N(C)Cc1ccccc1)NCC(=O)NC(C)(C)C.I. The molecular weight excluding hydrogens is 453 g/mol. The maximum absolute atomic E-state index is 11.9. The van der Waals surface area contributed by atoms with Crippen LogP contribution >= 0.6 is 24.0 Å². The Kier molecular flexibility index (Phi) is 12.3. The minimum Gasteiger partial charge on any atom is -0.356 e. The number of nitrogens with zero attached hydrogens (tertiary/aromatic N) is 2. The summed E-state index contributed by atoms with van der Waals surface area (Å²) in [5.74, 6) is 0.600. The fraction of sp³-hybridized carbons (Fsp3) is 0.600. The number of nitrogens with one attached hydrogen (secondary N) is 3. The standard InChI is InChI=1S/C20H35N5O.HI/c1-16(25(6)15-17-10-8-7-9-11-17)12-13-22-19(21-5)23-14-18(26)24-20(2,3)4;/h7-11,16H,12-15H2,1-6H3,(H,24,26)(H2,21,22,23);1H. The number of amides is 1. The summed E-state index contributed by atoms with van der Waals surface area (Å²) in [4.78, 5) is 18.4. The number of hydrogen-bond donors (Lipinski definition) is 3. The lowest BCUT2D eigenvalue weighted by atomic mass is 10.1. The molecule has 0 aliphatic heterocycles. The molecule has 1 aromatic carbocycles. The molecule has 3 N–H and O–H groups in total. The van der Waals surface area contributed by atoms with Gasteiger partial charge in [-0.1, -0.05) is 30.3 Å². The number of guanidine groups is 1. The number of carbonyl (C=O) groups is 1. The van der Waals surface area contributed by atoms with E-state index < -0.39 is 0 Å². The van der Waals surface area contributed by atoms with Crippen molar-refractivity contribution in [3.8, 4) is 0 Å². The van der Waals surface area contributed by atoms with Gasteiger partial charge in [0.25, 0.3) is 0 Å². The minimum absolute atomic E-state index is 0. The van der Waals surface area contributed by atoms with Crippen LogP contribution in [0.5, 0.6) is 0 Å². The lowest BCUT2D eigenvalue weighted by Crippen LogP contribution is -2.48. The number of hydrogen-bond acceptors (Lipinski definition) is 3. The first-order valence-corrected chi connectivity index (χ1v) is 9.21. The zero-order chi connectivity index (χ0) is 19.6. The van der Waals surface area contributed by atoms with Crippen molar-refractivity contribution < 1.29 is 4.79 Å². The molecule has 1 aromatic rings. The first kappa shape index (κ1) is 25.6. The van der Waals surface area contributed by atoms with Crippen LogP contribution < -0.4 is 16.0 Å². The number of benzene rings is 1. The number of halogens is 1. The Morgan fingerprint density at radius 2 is 1.81 bits per heavy atom. The van der Waals surface area contributed by atoms with Gasteiger partial charge in [0.05, 0.1) is 6.54 Å². The molecule has 0 fully saturated rings. The van der Waals surface area contributed by atoms with E-state index in [-0.39, 0.29) is 42.0 Å². The number of rotatable bonds is 8. The third kappa shape index (κ3) is 11.9. The van der Waals surface area contributed by atoms with Crippen LogP contribution in [-0.2, 0) is 11.3 Å². The average molecular weight is 489 g/mol. The normalized spacial score (nSPS) is 12.9. The maximum atomic E-state index is 11.9. The van der Waals surface area contributed by atoms with Crippen LogP contribution in [0.1, 0.15) is 39.7 Å². The molecule has 0 bridgehead atoms. The monoisotopic (exact) mass is 489 g/mol. The molecule has 1 rings (SSSR count). The molecule has 1 amide bonds. The molecule has 7 heteroatoms. The molecular formula is C20H36IN5O. The summed E-state index contributed by atoms with van der Waals surface area (Å²) in [5.41, 5.74) is 1.09. The zero-order valence-electron chi connectivity index (χ0n) is 17.5. The number of aliphatic imine (C=N–C) groups is 1. The average Bonchev–Trinajstić information content (AvgIpc) is 2.57. The minimum atomic E-state index is -0.228. The van der Waals surface area contributed by atoms with Gasteiger partial charge < -0.3 is 16.0 Å². The summed E-state index contributed by atoms with van der Waals surface area (Å²) >= 11 is 0. The van der Waals surface area contributed by atoms with Gasteiger partial charge >= 0.3 is 0 Å². The summed E-state index contributed by atoms with van der Waals surface area (Å²) in [7, 11) is 3.85. The Morgan fingerprint density at radius 1 is 1.19 bits per heavy atom. The van der Waals surface area contributed by atoms with Crippen molar-refractivity contribution in [1.29, 1.82) is 0 Å². The smallest absolute Gasteiger partial charge is 0.239 e. The van der Waals surface area contributed by atoms with Gasteiger partial charge in [0.15, 0.2) is 5.96 Å². The predicted octanol–water partition coefficient (Wildman–Crippen LogP) is 2.59. The Morgan fingerprint density at radius 3 is 2.37 bits per heavy atom. The van der Waals surface area contributed by atoms with Crippen LogP contribution in [0.3, 0.4) is 0 Å². The second kappa shape index (κ2) is 12.9. The lowest BCUT2D eigenvalue weighted by molar-refractivity contribution is -0.121. The summed E-state index contributed by atoms with van der Waals surface area (Å²) in [6, 6.07) is 10.9. The highest BCUT2D eigenvalue weighted by molar-refractivity contribution is 14.0. The summed E-state index contributed by atoms with van der Waals surface area (Å²) in [6.07, 6.45) is 0.984. The highest BCUT2D eigenvalue weighted by Gasteiger charge is 2.14. The quantitative estimate of drug-likeness (QED) is 0.299. The lowest BCUT2D eigenvalue weighted by Gasteiger charge is -2.25. The first-order valence-electron chi connectivity index (χ1n) is 9.21. The maximum Gasteiger partial charge on any atom is 0.239 e. The fourth-order valence-electron chi connectivity index (χ4n) is 2.49. The largest absolute Gasteiger partial charge is 0.356 e. The highest BCUT2D eigenvalue weighted by Crippen LogP contribution is 2.07. The van der Waals surface area contributed by atoms with E-state index in [4.69, 9.17) is 0 Å². The summed E-state index contributed by atoms with van der Waals surface area (Å²) < 4.78 is 0. The Bertz CT molecular complexity index is 571. The van der Waals surface area contributed by atoms with E-state index in [1.54, 1.807) is 7.05 Å². The summed E-state index contributed by atoms with van der Waals surface area (Å²) in [5, 5.41) is 9.24. The highest BCUT2D eigenvalue weighted by atomic mass is 127. The van der Waals surface area contributed by atoms with Gasteiger partial charge in [0, 0.05) is 31.7 Å². The van der Waals surface area contributed by atoms with Crippen molar-refractivity contribution in [2.24, 2.45) is 4.99 Å². The molecule has 0 radical (unpaired) electrons. The van der Waals surface area contributed by atoms with E-state index in [9.17, 15) is 4.79 Å². The number of carbonyl (C=O) groups excluding carboxylic acids is 1. The van der Waals surface area contributed by atoms with Crippen molar-refractivity contribution in [3.63, 3.8) is 0 Å². The third-order valence-electron chi connectivity index (χ3n) is 4.04. The summed E-state index contributed by atoms with van der Waals surface area (Å²) in [6.45, 7) is 10.0. The van der Waals surface area contributed by atoms with Crippen molar-refractivity contribution in [3.05, 3.63) is 35.9 Å². The van der Waals surface area contributed by atoms with E-state index in [1.165, 1.54) is 5.56 Å². The van der Waals surface area contributed by atoms with E-state index in [2.05, 4.69) is 64.1 Å². The molecule has 0 saturated heterocycles. The van der Waals surface area contributed by atoms with Crippen LogP contribution in [0.15, 0.2) is 35.3 Å². The molecule has 0 heterocycles. The Balaban J connectivity index is 0.00000676. The zero-order valence-corrected chi connectivity index (χ0v) is 19.8. The second-order valence-corrected chi connectivity index (χ2v) is 7.69. The topological polar surface area (TPSA) is 68.8 Å². The van der Waals surface area contributed by atoms with Gasteiger partial charge in [-0.3, -0.25) is 14.7 Å². The van der Waals surface area contributed by atoms with Gasteiger partial charge in [-0.05, 0) is 46.7 Å².